The molecule has 0 fully saturated rings. The number of halogens is 2. The molecule has 64 valence electrons. The Bertz CT molecular complexity index is 290. The lowest BCUT2D eigenvalue weighted by Crippen LogP contribution is -2.04. The molecule has 0 atom stereocenters. The molecule has 0 saturated heterocycles. The van der Waals surface area contributed by atoms with Crippen molar-refractivity contribution in [2.45, 2.75) is 5.88 Å². The number of carbonyl (C=O) groups excluding carboxylic acids is 1. The summed E-state index contributed by atoms with van der Waals surface area (Å²) >= 11 is 5.54. The molecule has 0 aliphatic carbocycles. The van der Waals surface area contributed by atoms with Crippen molar-refractivity contribution in [2.24, 2.45) is 0 Å². The topological polar surface area (TPSA) is 29.1 Å². The molecule has 0 bridgehead atoms. The van der Waals surface area contributed by atoms with E-state index < -0.39 is 6.16 Å². The van der Waals surface area contributed by atoms with Gasteiger partial charge in [0.25, 0.3) is 0 Å². The first-order valence-electron chi connectivity index (χ1n) is 3.34. The molecule has 1 aromatic carbocycles. The van der Waals surface area contributed by atoms with E-state index in [-0.39, 0.29) is 5.88 Å². The summed E-state index contributed by atoms with van der Waals surface area (Å²) in [5.41, 5.74) is 1.12. The maximum atomic E-state index is 11.9. The number of para-hydroxylation sites is 1. The average Bonchev–Trinajstić information content (AvgIpc) is 2.04. The third-order valence-electron chi connectivity index (χ3n) is 1.39. The minimum absolute atomic E-state index is 0.246. The molecule has 1 N–H and O–H groups in total. The third kappa shape index (κ3) is 2.20. The first kappa shape index (κ1) is 9.00. The number of alkyl halides is 1. The summed E-state index contributed by atoms with van der Waals surface area (Å²) in [5, 5.41) is 2.03. The smallest absolute Gasteiger partial charge is 0.297 e. The summed E-state index contributed by atoms with van der Waals surface area (Å²) in [7, 11) is 0. The van der Waals surface area contributed by atoms with E-state index in [1.54, 1.807) is 24.3 Å². The highest BCUT2D eigenvalue weighted by atomic mass is 35.5. The molecule has 2 nitrogen and oxygen atoms in total. The lowest BCUT2D eigenvalue weighted by atomic mass is 10.2. The van der Waals surface area contributed by atoms with Gasteiger partial charge in [-0.05, 0) is 11.6 Å². The van der Waals surface area contributed by atoms with Gasteiger partial charge in [-0.1, -0.05) is 18.2 Å². The fourth-order valence-electron chi connectivity index (χ4n) is 0.865. The van der Waals surface area contributed by atoms with Gasteiger partial charge in [-0.3, -0.25) is 5.32 Å². The molecule has 0 aliphatic heterocycles. The number of hydrogen-bond donors (Lipinski definition) is 1. The van der Waals surface area contributed by atoms with Crippen LogP contribution in [0, 0.1) is 0 Å². The second kappa shape index (κ2) is 4.07. The van der Waals surface area contributed by atoms with Crippen LogP contribution in [-0.2, 0) is 5.88 Å². The molecule has 0 saturated carbocycles. The van der Waals surface area contributed by atoms with Gasteiger partial charge in [0.2, 0.25) is 0 Å². The molecule has 0 unspecified atom stereocenters. The Hall–Kier alpha value is -1.09. The van der Waals surface area contributed by atoms with E-state index in [2.05, 4.69) is 0 Å². The number of hydrogen-bond acceptors (Lipinski definition) is 1. The lowest BCUT2D eigenvalue weighted by molar-refractivity contribution is 0.235. The van der Waals surface area contributed by atoms with Gasteiger partial charge < -0.3 is 0 Å². The van der Waals surface area contributed by atoms with Crippen molar-refractivity contribution in [3.63, 3.8) is 0 Å². The van der Waals surface area contributed by atoms with E-state index in [9.17, 15) is 9.18 Å². The van der Waals surface area contributed by atoms with Crippen molar-refractivity contribution in [1.82, 2.24) is 0 Å². The second-order valence-corrected chi connectivity index (χ2v) is 2.46. The minimum Gasteiger partial charge on any atom is -0.297 e. The van der Waals surface area contributed by atoms with E-state index in [0.29, 0.717) is 11.3 Å². The van der Waals surface area contributed by atoms with Gasteiger partial charge in [-0.25, -0.2) is 4.79 Å². The van der Waals surface area contributed by atoms with Crippen LogP contribution in [0.2, 0.25) is 0 Å². The van der Waals surface area contributed by atoms with Crippen molar-refractivity contribution in [3.8, 4) is 0 Å². The van der Waals surface area contributed by atoms with Crippen molar-refractivity contribution < 1.29 is 9.18 Å². The van der Waals surface area contributed by atoms with Crippen LogP contribution in [0.25, 0.3) is 0 Å². The van der Waals surface area contributed by atoms with Gasteiger partial charge in [0, 0.05) is 11.6 Å². The highest BCUT2D eigenvalue weighted by molar-refractivity contribution is 6.17. The van der Waals surface area contributed by atoms with Crippen LogP contribution in [0.1, 0.15) is 5.56 Å². The van der Waals surface area contributed by atoms with E-state index in [1.807, 2.05) is 5.32 Å². The molecule has 12 heavy (non-hydrogen) atoms. The Morgan fingerprint density at radius 1 is 1.50 bits per heavy atom. The summed E-state index contributed by atoms with van der Waals surface area (Å²) in [6, 6.07) is 6.78. The van der Waals surface area contributed by atoms with Gasteiger partial charge in [0.05, 0.1) is 0 Å². The van der Waals surface area contributed by atoms with Crippen molar-refractivity contribution >= 4 is 23.4 Å². The average molecular weight is 188 g/mol. The Morgan fingerprint density at radius 2 is 2.17 bits per heavy atom. The predicted molar refractivity (Wildman–Crippen MR) is 46.1 cm³/mol. The molecule has 0 heterocycles. The fraction of sp³-hybridized carbons (Fsp3) is 0.125. The summed E-state index contributed by atoms with van der Waals surface area (Å²) in [5.74, 6) is 0.246. The molecule has 0 radical (unpaired) electrons. The lowest BCUT2D eigenvalue weighted by Gasteiger charge is -2.04. The Balaban J connectivity index is 2.89. The number of benzene rings is 1. The van der Waals surface area contributed by atoms with Gasteiger partial charge in [0.15, 0.2) is 0 Å². The Labute approximate surface area is 74.3 Å². The quantitative estimate of drug-likeness (QED) is 0.431. The van der Waals surface area contributed by atoms with E-state index >= 15 is 0 Å². The first-order valence-corrected chi connectivity index (χ1v) is 3.88. The maximum Gasteiger partial charge on any atom is 0.401 e. The molecule has 1 aromatic rings. The second-order valence-electron chi connectivity index (χ2n) is 2.19. The van der Waals surface area contributed by atoms with Crippen LogP contribution in [-0.4, -0.2) is 6.16 Å². The molecular weight excluding hydrogens is 181 g/mol. The van der Waals surface area contributed by atoms with Gasteiger partial charge in [-0.15, -0.1) is 16.0 Å². The first-order chi connectivity index (χ1) is 5.74. The number of rotatable bonds is 2. The van der Waals surface area contributed by atoms with E-state index in [0.717, 1.165) is 0 Å². The molecule has 0 aliphatic rings. The fourth-order valence-corrected chi connectivity index (χ4v) is 1.10. The highest BCUT2D eigenvalue weighted by Crippen LogP contribution is 2.16. The van der Waals surface area contributed by atoms with Crippen molar-refractivity contribution in [3.05, 3.63) is 29.8 Å². The van der Waals surface area contributed by atoms with E-state index in [1.165, 1.54) is 0 Å². The number of anilines is 1. The molecule has 0 aromatic heterocycles. The maximum absolute atomic E-state index is 11.9. The zero-order chi connectivity index (χ0) is 8.97. The van der Waals surface area contributed by atoms with Crippen LogP contribution in [0.3, 0.4) is 0 Å². The molecule has 0 spiro atoms. The summed E-state index contributed by atoms with van der Waals surface area (Å²) in [6.45, 7) is 0. The van der Waals surface area contributed by atoms with Crippen LogP contribution in [0.4, 0.5) is 14.9 Å². The summed E-state index contributed by atoms with van der Waals surface area (Å²) < 4.78 is 11.9. The van der Waals surface area contributed by atoms with Gasteiger partial charge in [-0.2, -0.15) is 0 Å². The number of carbonyl (C=O) groups is 1. The highest BCUT2D eigenvalue weighted by Gasteiger charge is 2.02. The summed E-state index contributed by atoms with van der Waals surface area (Å²) in [6.07, 6.45) is -1.58. The van der Waals surface area contributed by atoms with Crippen LogP contribution < -0.4 is 5.32 Å². The Morgan fingerprint density at radius 3 is 2.75 bits per heavy atom. The zero-order valence-electron chi connectivity index (χ0n) is 6.18. The monoisotopic (exact) mass is 187 g/mol. The predicted octanol–water partition coefficient (Wildman–Crippen LogP) is 2.93. The third-order valence-corrected chi connectivity index (χ3v) is 1.68. The SMILES string of the molecule is O=C(F)Nc1ccccc1CCl. The zero-order valence-corrected chi connectivity index (χ0v) is 6.94. The molecular formula is C8H7ClFNO. The van der Waals surface area contributed by atoms with Crippen LogP contribution in [0.15, 0.2) is 24.3 Å². The normalized spacial score (nSPS) is 9.50. The van der Waals surface area contributed by atoms with Gasteiger partial charge >= 0.3 is 6.16 Å². The number of nitrogens with one attached hydrogen (secondary N) is 1. The minimum atomic E-state index is -1.58. The van der Waals surface area contributed by atoms with Gasteiger partial charge in [0.1, 0.15) is 0 Å². The van der Waals surface area contributed by atoms with Crippen molar-refractivity contribution in [1.29, 1.82) is 0 Å². The van der Waals surface area contributed by atoms with Crippen molar-refractivity contribution in [2.75, 3.05) is 5.32 Å². The summed E-state index contributed by atoms with van der Waals surface area (Å²) in [4.78, 5) is 10.1. The molecule has 4 heteroatoms. The number of amides is 1. The van der Waals surface area contributed by atoms with Crippen LogP contribution in [0.5, 0.6) is 0 Å². The molecule has 1 amide bonds. The van der Waals surface area contributed by atoms with E-state index in [4.69, 9.17) is 11.6 Å². The van der Waals surface area contributed by atoms with Crippen LogP contribution >= 0.6 is 11.6 Å². The largest absolute Gasteiger partial charge is 0.401 e. The Kier molecular flexibility index (Phi) is 3.05. The molecule has 1 rings (SSSR count). The standard InChI is InChI=1S/C8H7ClFNO/c9-5-6-3-1-2-4-7(6)11-8(10)12/h1-4H,5H2,(H,11,12).